The van der Waals surface area contributed by atoms with Crippen molar-refractivity contribution in [2.24, 2.45) is 0 Å². The number of likely N-dealkylation sites (N-methyl/N-ethyl adjacent to an activating group) is 1. The second-order valence-electron chi connectivity index (χ2n) is 15.4. The van der Waals surface area contributed by atoms with E-state index >= 15 is 0 Å². The van der Waals surface area contributed by atoms with E-state index in [9.17, 15) is 14.3 Å². The molecular weight excluding hydrogens is 649 g/mol. The van der Waals surface area contributed by atoms with E-state index in [-0.39, 0.29) is 25.8 Å². The fraction of sp³-hybridized carbons (Fsp3) is 0.927. The number of allylic oxidation sites excluding steroid dienone is 2. The van der Waals surface area contributed by atoms with Gasteiger partial charge in [-0.1, -0.05) is 154 Å². The molecule has 0 heterocycles. The molecule has 298 valence electrons. The zero-order chi connectivity index (χ0) is 37.0. The fourth-order valence-electron chi connectivity index (χ4n) is 5.78. The van der Waals surface area contributed by atoms with E-state index in [0.717, 1.165) is 32.1 Å². The second kappa shape index (κ2) is 35.3. The number of hydrogen-bond donors (Lipinski definition) is 0. The maximum atomic E-state index is 12.5. The van der Waals surface area contributed by atoms with E-state index in [4.69, 9.17) is 18.5 Å². The third kappa shape index (κ3) is 38.5. The van der Waals surface area contributed by atoms with Gasteiger partial charge in [0.1, 0.15) is 19.3 Å². The second-order valence-corrected chi connectivity index (χ2v) is 16.8. The Labute approximate surface area is 310 Å². The van der Waals surface area contributed by atoms with Crippen LogP contribution in [0.4, 0.5) is 0 Å². The first-order chi connectivity index (χ1) is 24.1. The van der Waals surface area contributed by atoms with Gasteiger partial charge in [-0.05, 0) is 38.5 Å². The first-order valence-electron chi connectivity index (χ1n) is 20.9. The van der Waals surface area contributed by atoms with Crippen LogP contribution >= 0.6 is 7.82 Å². The van der Waals surface area contributed by atoms with E-state index in [2.05, 4.69) is 26.0 Å². The number of unbranched alkanes of at least 4 members (excludes halogenated alkanes) is 23. The first kappa shape index (κ1) is 49.2. The van der Waals surface area contributed by atoms with Gasteiger partial charge in [-0.25, -0.2) is 0 Å². The minimum Gasteiger partial charge on any atom is -0.756 e. The van der Waals surface area contributed by atoms with Crippen LogP contribution in [-0.2, 0) is 27.9 Å². The fourth-order valence-corrected chi connectivity index (χ4v) is 6.50. The summed E-state index contributed by atoms with van der Waals surface area (Å²) in [6, 6.07) is 0. The predicted molar refractivity (Wildman–Crippen MR) is 208 cm³/mol. The molecule has 2 unspecified atom stereocenters. The normalized spacial score (nSPS) is 14.0. The number of nitrogens with zero attached hydrogens (tertiary/aromatic N) is 1. The molecule has 0 spiro atoms. The van der Waals surface area contributed by atoms with Crippen LogP contribution < -0.4 is 4.89 Å². The highest BCUT2D eigenvalue weighted by molar-refractivity contribution is 7.45. The van der Waals surface area contributed by atoms with Gasteiger partial charge in [0.2, 0.25) is 0 Å². The lowest BCUT2D eigenvalue weighted by Gasteiger charge is -2.28. The van der Waals surface area contributed by atoms with Crippen molar-refractivity contribution in [2.45, 2.75) is 193 Å². The zero-order valence-corrected chi connectivity index (χ0v) is 34.5. The molecule has 9 heteroatoms. The highest BCUT2D eigenvalue weighted by Gasteiger charge is 2.20. The van der Waals surface area contributed by atoms with Gasteiger partial charge in [0.25, 0.3) is 7.82 Å². The summed E-state index contributed by atoms with van der Waals surface area (Å²) in [6.07, 6.45) is 36.8. The van der Waals surface area contributed by atoms with Gasteiger partial charge in [0.15, 0.2) is 0 Å². The van der Waals surface area contributed by atoms with Crippen LogP contribution in [0.25, 0.3) is 0 Å². The van der Waals surface area contributed by atoms with Crippen molar-refractivity contribution in [1.29, 1.82) is 0 Å². The minimum atomic E-state index is -4.51. The molecule has 0 radical (unpaired) electrons. The Morgan fingerprint density at radius 2 is 1.04 bits per heavy atom. The number of phosphoric ester groups is 1. The number of carbonyl (C=O) groups excluding carboxylic acids is 1. The Bertz CT molecular complexity index is 817. The summed E-state index contributed by atoms with van der Waals surface area (Å²) >= 11 is 0. The third-order valence-electron chi connectivity index (χ3n) is 9.07. The summed E-state index contributed by atoms with van der Waals surface area (Å²) < 4.78 is 34.3. The third-order valence-corrected chi connectivity index (χ3v) is 10.0. The zero-order valence-electron chi connectivity index (χ0n) is 33.6. The number of carbonyl (C=O) groups is 1. The molecule has 0 bridgehead atoms. The Morgan fingerprint density at radius 3 is 1.52 bits per heavy atom. The van der Waals surface area contributed by atoms with Crippen LogP contribution in [0.5, 0.6) is 0 Å². The number of ether oxygens (including phenoxy) is 2. The molecule has 0 rings (SSSR count). The summed E-state index contributed by atoms with van der Waals surface area (Å²) in [5.74, 6) is -0.342. The van der Waals surface area contributed by atoms with Crippen LogP contribution in [0.15, 0.2) is 12.2 Å². The Balaban J connectivity index is 3.99. The molecule has 0 aromatic carbocycles. The van der Waals surface area contributed by atoms with Crippen LogP contribution in [0, 0.1) is 0 Å². The van der Waals surface area contributed by atoms with Crippen LogP contribution in [-0.4, -0.2) is 70.7 Å². The van der Waals surface area contributed by atoms with Gasteiger partial charge in [-0.3, -0.25) is 9.36 Å². The highest BCUT2D eigenvalue weighted by Crippen LogP contribution is 2.38. The molecule has 50 heavy (non-hydrogen) atoms. The topological polar surface area (TPSA) is 94.1 Å². The average Bonchev–Trinajstić information content (AvgIpc) is 3.06. The lowest BCUT2D eigenvalue weighted by molar-refractivity contribution is -0.870. The molecule has 0 aliphatic rings. The summed E-state index contributed by atoms with van der Waals surface area (Å²) in [5, 5.41) is 0. The van der Waals surface area contributed by atoms with Crippen LogP contribution in [0.1, 0.15) is 187 Å². The minimum absolute atomic E-state index is 0.0284. The van der Waals surface area contributed by atoms with Crippen molar-refractivity contribution in [2.75, 3.05) is 54.1 Å². The van der Waals surface area contributed by atoms with Gasteiger partial charge in [0, 0.05) is 13.0 Å². The lowest BCUT2D eigenvalue weighted by Crippen LogP contribution is -2.37. The first-order valence-corrected chi connectivity index (χ1v) is 22.4. The quantitative estimate of drug-likeness (QED) is 0.0204. The smallest absolute Gasteiger partial charge is 0.306 e. The molecule has 0 fully saturated rings. The van der Waals surface area contributed by atoms with Gasteiger partial charge < -0.3 is 27.9 Å². The summed E-state index contributed by atoms with van der Waals surface area (Å²) in [6.45, 7) is 5.36. The molecule has 2 atom stereocenters. The lowest BCUT2D eigenvalue weighted by atomic mass is 10.1. The van der Waals surface area contributed by atoms with Crippen molar-refractivity contribution < 1.29 is 37.3 Å². The van der Waals surface area contributed by atoms with E-state index in [1.807, 2.05) is 21.1 Å². The molecule has 0 amide bonds. The van der Waals surface area contributed by atoms with E-state index < -0.39 is 13.9 Å². The van der Waals surface area contributed by atoms with Crippen molar-refractivity contribution >= 4 is 13.8 Å². The van der Waals surface area contributed by atoms with Crippen molar-refractivity contribution in [1.82, 2.24) is 0 Å². The summed E-state index contributed by atoms with van der Waals surface area (Å²) in [4.78, 5) is 24.7. The largest absolute Gasteiger partial charge is 0.756 e. The van der Waals surface area contributed by atoms with Crippen LogP contribution in [0.2, 0.25) is 0 Å². The highest BCUT2D eigenvalue weighted by atomic mass is 31.2. The monoisotopic (exact) mass is 732 g/mol. The molecular formula is C41H82NO7P. The maximum Gasteiger partial charge on any atom is 0.306 e. The number of quaternary nitrogens is 1. The number of phosphoric acid groups is 1. The Hall–Kier alpha value is -0.760. The molecule has 0 aromatic rings. The molecule has 0 aliphatic carbocycles. The van der Waals surface area contributed by atoms with Gasteiger partial charge >= 0.3 is 5.97 Å². The summed E-state index contributed by atoms with van der Waals surface area (Å²) in [5.41, 5.74) is 0. The van der Waals surface area contributed by atoms with Gasteiger partial charge in [0.05, 0.1) is 34.4 Å². The number of esters is 1. The van der Waals surface area contributed by atoms with Gasteiger partial charge in [-0.2, -0.15) is 0 Å². The Kier molecular flexibility index (Phi) is 34.7. The SMILES string of the molecule is CCCCCCCCCC/C=C\CCCCCCCCCCCCOCC(COP(=O)([O-])OCC[N+](C)(C)C)OC(=O)CCCCCCCC. The van der Waals surface area contributed by atoms with E-state index in [0.29, 0.717) is 24.1 Å². The van der Waals surface area contributed by atoms with Crippen molar-refractivity contribution in [3.8, 4) is 0 Å². The predicted octanol–water partition coefficient (Wildman–Crippen LogP) is 11.3. The van der Waals surface area contributed by atoms with E-state index in [1.54, 1.807) is 0 Å². The number of hydrogen-bond acceptors (Lipinski definition) is 7. The average molecular weight is 732 g/mol. The van der Waals surface area contributed by atoms with Crippen LogP contribution in [0.3, 0.4) is 0 Å². The number of rotatable bonds is 39. The molecule has 0 saturated carbocycles. The summed E-state index contributed by atoms with van der Waals surface area (Å²) in [7, 11) is 1.36. The molecule has 8 nitrogen and oxygen atoms in total. The van der Waals surface area contributed by atoms with Crippen molar-refractivity contribution in [3.05, 3.63) is 12.2 Å². The standard InChI is InChI=1S/C41H82NO7P/c1-6-8-10-12-14-15-16-17-18-19-20-21-22-23-24-25-26-27-28-29-31-33-36-46-38-40(49-41(43)34-32-30-13-11-9-7-2)39-48-50(44,45)47-37-35-42(3,4)5/h19-20,40H,6-18,21-39H2,1-5H3/b20-19-. The Morgan fingerprint density at radius 1 is 0.600 bits per heavy atom. The maximum absolute atomic E-state index is 12.5. The van der Waals surface area contributed by atoms with E-state index in [1.165, 1.54) is 135 Å². The molecule has 0 aliphatic heterocycles. The molecule has 0 saturated heterocycles. The molecule has 0 aromatic heterocycles. The van der Waals surface area contributed by atoms with Gasteiger partial charge in [-0.15, -0.1) is 0 Å². The van der Waals surface area contributed by atoms with Crippen molar-refractivity contribution in [3.63, 3.8) is 0 Å². The molecule has 0 N–H and O–H groups in total.